The van der Waals surface area contributed by atoms with Gasteiger partial charge in [0, 0.05) is 11.9 Å². The molecular formula is C10H15NS2. The Bertz CT molecular complexity index is 226. The average molecular weight is 213 g/mol. The van der Waals surface area contributed by atoms with Gasteiger partial charge in [-0.1, -0.05) is 37.1 Å². The minimum atomic E-state index is 0.807. The van der Waals surface area contributed by atoms with Crippen molar-refractivity contribution in [2.24, 2.45) is 5.92 Å². The normalized spacial score (nSPS) is 12.8. The molecule has 72 valence electrons. The summed E-state index contributed by atoms with van der Waals surface area (Å²) in [5, 5.41) is 1.11. The Kier molecular flexibility index (Phi) is 5.32. The predicted octanol–water partition coefficient (Wildman–Crippen LogP) is 3.87. The Morgan fingerprint density at radius 3 is 2.92 bits per heavy atom. The van der Waals surface area contributed by atoms with Crippen molar-refractivity contribution in [3.05, 3.63) is 24.4 Å². The molecule has 0 aliphatic rings. The lowest BCUT2D eigenvalue weighted by molar-refractivity contribution is 0.638. The summed E-state index contributed by atoms with van der Waals surface area (Å²) in [5.74, 6) is 2.01. The second-order valence-electron chi connectivity index (χ2n) is 3.05. The fourth-order valence-electron chi connectivity index (χ4n) is 0.725. The molecule has 3 heteroatoms. The quantitative estimate of drug-likeness (QED) is 0.689. The van der Waals surface area contributed by atoms with Gasteiger partial charge in [0.15, 0.2) is 0 Å². The van der Waals surface area contributed by atoms with Gasteiger partial charge in [-0.3, -0.25) is 0 Å². The number of hydrogen-bond donors (Lipinski definition) is 0. The van der Waals surface area contributed by atoms with Crippen molar-refractivity contribution in [3.63, 3.8) is 0 Å². The molecule has 0 bridgehead atoms. The maximum absolute atomic E-state index is 4.24. The standard InChI is InChI=1S/C10H15NS2/c1-3-9(2)8-12-13-10-6-4-5-7-11-10/h4-7,9H,3,8H2,1-2H3. The molecule has 1 aromatic heterocycles. The Morgan fingerprint density at radius 2 is 2.31 bits per heavy atom. The van der Waals surface area contributed by atoms with E-state index in [2.05, 4.69) is 18.8 Å². The molecule has 13 heavy (non-hydrogen) atoms. The van der Waals surface area contributed by atoms with Gasteiger partial charge in [0.2, 0.25) is 0 Å². The number of aromatic nitrogens is 1. The Balaban J connectivity index is 2.20. The van der Waals surface area contributed by atoms with E-state index in [0.29, 0.717) is 0 Å². The van der Waals surface area contributed by atoms with Gasteiger partial charge in [-0.15, -0.1) is 0 Å². The number of pyridine rings is 1. The fraction of sp³-hybridized carbons (Fsp3) is 0.500. The fourth-order valence-corrected chi connectivity index (χ4v) is 3.18. The molecule has 0 aromatic carbocycles. The molecule has 0 aliphatic carbocycles. The summed E-state index contributed by atoms with van der Waals surface area (Å²) >= 11 is 0. The maximum Gasteiger partial charge on any atom is 0.106 e. The molecule has 0 spiro atoms. The first-order valence-corrected chi connectivity index (χ1v) is 6.85. The summed E-state index contributed by atoms with van der Waals surface area (Å²) in [4.78, 5) is 4.24. The third-order valence-corrected chi connectivity index (χ3v) is 4.34. The Labute approximate surface area is 88.1 Å². The zero-order valence-corrected chi connectivity index (χ0v) is 9.70. The van der Waals surface area contributed by atoms with E-state index in [0.717, 1.165) is 10.9 Å². The molecule has 0 amide bonds. The zero-order chi connectivity index (χ0) is 9.52. The SMILES string of the molecule is CCC(C)CSSc1ccccn1. The lowest BCUT2D eigenvalue weighted by Gasteiger charge is -2.05. The van der Waals surface area contributed by atoms with Crippen molar-refractivity contribution in [1.29, 1.82) is 0 Å². The van der Waals surface area contributed by atoms with E-state index in [9.17, 15) is 0 Å². The van der Waals surface area contributed by atoms with Crippen LogP contribution >= 0.6 is 21.6 Å². The van der Waals surface area contributed by atoms with Crippen LogP contribution in [0.4, 0.5) is 0 Å². The van der Waals surface area contributed by atoms with E-state index in [1.807, 2.05) is 35.2 Å². The van der Waals surface area contributed by atoms with Crippen LogP contribution in [-0.2, 0) is 0 Å². The van der Waals surface area contributed by atoms with Gasteiger partial charge in [0.1, 0.15) is 5.03 Å². The highest BCUT2D eigenvalue weighted by molar-refractivity contribution is 8.76. The van der Waals surface area contributed by atoms with Crippen molar-refractivity contribution in [1.82, 2.24) is 4.98 Å². The van der Waals surface area contributed by atoms with Crippen LogP contribution in [0.1, 0.15) is 20.3 Å². The molecule has 1 aromatic rings. The highest BCUT2D eigenvalue weighted by atomic mass is 33.1. The smallest absolute Gasteiger partial charge is 0.106 e. The van der Waals surface area contributed by atoms with Crippen LogP contribution in [0.25, 0.3) is 0 Å². The van der Waals surface area contributed by atoms with Crippen molar-refractivity contribution in [3.8, 4) is 0 Å². The third kappa shape index (κ3) is 4.58. The topological polar surface area (TPSA) is 12.9 Å². The lowest BCUT2D eigenvalue weighted by Crippen LogP contribution is -1.93. The zero-order valence-electron chi connectivity index (χ0n) is 8.06. The lowest BCUT2D eigenvalue weighted by atomic mass is 10.2. The van der Waals surface area contributed by atoms with Crippen LogP contribution in [-0.4, -0.2) is 10.7 Å². The van der Waals surface area contributed by atoms with Gasteiger partial charge in [0.05, 0.1) is 0 Å². The second-order valence-corrected chi connectivity index (χ2v) is 5.41. The predicted molar refractivity (Wildman–Crippen MR) is 62.0 cm³/mol. The first kappa shape index (κ1) is 10.9. The molecule has 0 saturated carbocycles. The third-order valence-electron chi connectivity index (χ3n) is 1.83. The first-order valence-electron chi connectivity index (χ1n) is 4.53. The summed E-state index contributed by atoms with van der Waals surface area (Å²) in [6, 6.07) is 6.02. The molecule has 0 N–H and O–H groups in total. The molecule has 1 heterocycles. The monoisotopic (exact) mass is 213 g/mol. The van der Waals surface area contributed by atoms with Gasteiger partial charge in [-0.05, 0) is 28.8 Å². The first-order chi connectivity index (χ1) is 6.33. The maximum atomic E-state index is 4.24. The molecule has 0 radical (unpaired) electrons. The van der Waals surface area contributed by atoms with Crippen molar-refractivity contribution < 1.29 is 0 Å². The summed E-state index contributed by atoms with van der Waals surface area (Å²) in [6.07, 6.45) is 3.10. The van der Waals surface area contributed by atoms with E-state index in [1.54, 1.807) is 10.8 Å². The molecule has 1 unspecified atom stereocenters. The van der Waals surface area contributed by atoms with Crippen LogP contribution < -0.4 is 0 Å². The van der Waals surface area contributed by atoms with E-state index in [-0.39, 0.29) is 0 Å². The number of hydrogen-bond acceptors (Lipinski definition) is 3. The van der Waals surface area contributed by atoms with Crippen LogP contribution in [0.15, 0.2) is 29.4 Å². The van der Waals surface area contributed by atoms with Crippen LogP contribution in [0.3, 0.4) is 0 Å². The Hall–Kier alpha value is -0.150. The van der Waals surface area contributed by atoms with Crippen LogP contribution in [0, 0.1) is 5.92 Å². The summed E-state index contributed by atoms with van der Waals surface area (Å²) in [7, 11) is 3.66. The molecule has 1 nitrogen and oxygen atoms in total. The second kappa shape index (κ2) is 6.33. The van der Waals surface area contributed by atoms with Crippen LogP contribution in [0.2, 0.25) is 0 Å². The highest BCUT2D eigenvalue weighted by Crippen LogP contribution is 2.30. The minimum absolute atomic E-state index is 0.807. The Morgan fingerprint density at radius 1 is 1.46 bits per heavy atom. The molecular weight excluding hydrogens is 198 g/mol. The van der Waals surface area contributed by atoms with Crippen molar-refractivity contribution in [2.45, 2.75) is 25.3 Å². The van der Waals surface area contributed by atoms with E-state index < -0.39 is 0 Å². The number of nitrogens with zero attached hydrogens (tertiary/aromatic N) is 1. The largest absolute Gasteiger partial charge is 0.249 e. The average Bonchev–Trinajstić information content (AvgIpc) is 2.19. The van der Waals surface area contributed by atoms with Gasteiger partial charge >= 0.3 is 0 Å². The summed E-state index contributed by atoms with van der Waals surface area (Å²) < 4.78 is 0. The molecule has 1 atom stereocenters. The van der Waals surface area contributed by atoms with E-state index >= 15 is 0 Å². The summed E-state index contributed by atoms with van der Waals surface area (Å²) in [6.45, 7) is 4.52. The van der Waals surface area contributed by atoms with E-state index in [4.69, 9.17) is 0 Å². The van der Waals surface area contributed by atoms with E-state index in [1.165, 1.54) is 12.2 Å². The molecule has 0 saturated heterocycles. The van der Waals surface area contributed by atoms with Crippen molar-refractivity contribution in [2.75, 3.05) is 5.75 Å². The van der Waals surface area contributed by atoms with Crippen molar-refractivity contribution >= 4 is 21.6 Å². The molecule has 0 fully saturated rings. The number of rotatable bonds is 5. The summed E-state index contributed by atoms with van der Waals surface area (Å²) in [5.41, 5.74) is 0. The molecule has 1 rings (SSSR count). The van der Waals surface area contributed by atoms with Gasteiger partial charge in [0.25, 0.3) is 0 Å². The van der Waals surface area contributed by atoms with Crippen LogP contribution in [0.5, 0.6) is 0 Å². The van der Waals surface area contributed by atoms with Gasteiger partial charge in [-0.2, -0.15) is 0 Å². The highest BCUT2D eigenvalue weighted by Gasteiger charge is 2.00. The van der Waals surface area contributed by atoms with Gasteiger partial charge in [-0.25, -0.2) is 4.98 Å². The molecule has 0 aliphatic heterocycles. The minimum Gasteiger partial charge on any atom is -0.249 e. The van der Waals surface area contributed by atoms with Gasteiger partial charge < -0.3 is 0 Å².